The summed E-state index contributed by atoms with van der Waals surface area (Å²) in [5.41, 5.74) is 1.66. The number of benzene rings is 1. The van der Waals surface area contributed by atoms with Crippen molar-refractivity contribution in [3.63, 3.8) is 0 Å². The average molecular weight is 279 g/mol. The maximum Gasteiger partial charge on any atom is 0.333 e. The van der Waals surface area contributed by atoms with Gasteiger partial charge in [0, 0.05) is 11.3 Å². The van der Waals surface area contributed by atoms with E-state index in [0.29, 0.717) is 5.57 Å². The molecule has 0 radical (unpaired) electrons. The van der Waals surface area contributed by atoms with E-state index >= 15 is 0 Å². The molecule has 0 amide bonds. The second-order valence-electron chi connectivity index (χ2n) is 3.64. The number of esters is 1. The second kappa shape index (κ2) is 6.02. The molecule has 2 aromatic rings. The highest BCUT2D eigenvalue weighted by molar-refractivity contribution is 8.01. The van der Waals surface area contributed by atoms with Crippen molar-refractivity contribution in [1.29, 1.82) is 0 Å². The third kappa shape index (κ3) is 3.11. The fourth-order valence-electron chi connectivity index (χ4n) is 1.40. The number of thioether (sulfide) groups is 1. The van der Waals surface area contributed by atoms with E-state index in [-0.39, 0.29) is 5.97 Å². The van der Waals surface area contributed by atoms with Crippen LogP contribution in [0.15, 0.2) is 40.3 Å². The largest absolute Gasteiger partial charge is 0.466 e. The molecule has 5 heteroatoms. The van der Waals surface area contributed by atoms with Gasteiger partial charge in [0.1, 0.15) is 0 Å². The number of fused-ring (bicyclic) bond motifs is 1. The van der Waals surface area contributed by atoms with Crippen LogP contribution in [-0.2, 0) is 9.53 Å². The molecule has 18 heavy (non-hydrogen) atoms. The molecular weight excluding hydrogens is 266 g/mol. The molecule has 0 aliphatic heterocycles. The van der Waals surface area contributed by atoms with Gasteiger partial charge in [-0.25, -0.2) is 9.78 Å². The summed E-state index contributed by atoms with van der Waals surface area (Å²) < 4.78 is 6.84. The van der Waals surface area contributed by atoms with Crippen molar-refractivity contribution in [2.24, 2.45) is 0 Å². The van der Waals surface area contributed by atoms with Crippen LogP contribution < -0.4 is 0 Å². The molecule has 0 bridgehead atoms. The number of para-hydroxylation sites is 1. The zero-order chi connectivity index (χ0) is 13.0. The molecule has 1 aromatic carbocycles. The second-order valence-corrected chi connectivity index (χ2v) is 5.93. The molecule has 0 saturated carbocycles. The van der Waals surface area contributed by atoms with E-state index in [4.69, 9.17) is 0 Å². The number of thiazole rings is 1. The topological polar surface area (TPSA) is 39.2 Å². The van der Waals surface area contributed by atoms with E-state index in [9.17, 15) is 4.79 Å². The smallest absolute Gasteiger partial charge is 0.333 e. The van der Waals surface area contributed by atoms with Crippen LogP contribution in [0, 0.1) is 0 Å². The highest BCUT2D eigenvalue weighted by Gasteiger charge is 2.04. The van der Waals surface area contributed by atoms with Gasteiger partial charge in [0.2, 0.25) is 0 Å². The van der Waals surface area contributed by atoms with Crippen LogP contribution in [-0.4, -0.2) is 23.8 Å². The zero-order valence-electron chi connectivity index (χ0n) is 10.2. The summed E-state index contributed by atoms with van der Waals surface area (Å²) in [7, 11) is 1.39. The van der Waals surface area contributed by atoms with Gasteiger partial charge in [-0.2, -0.15) is 0 Å². The van der Waals surface area contributed by atoms with E-state index in [2.05, 4.69) is 15.8 Å². The fraction of sp³-hybridized carbons (Fsp3) is 0.231. The molecule has 0 spiro atoms. The molecular formula is C13H13NO2S2. The highest BCUT2D eigenvalue weighted by atomic mass is 32.2. The SMILES string of the molecule is COC(=O)C(C)=CCSc1nc2ccccc2s1. The van der Waals surface area contributed by atoms with Crippen molar-refractivity contribution < 1.29 is 9.53 Å². The van der Waals surface area contributed by atoms with Gasteiger partial charge >= 0.3 is 5.97 Å². The minimum atomic E-state index is -0.278. The molecule has 2 rings (SSSR count). The monoisotopic (exact) mass is 279 g/mol. The van der Waals surface area contributed by atoms with E-state index in [1.165, 1.54) is 11.8 Å². The van der Waals surface area contributed by atoms with Crippen molar-refractivity contribution in [2.75, 3.05) is 12.9 Å². The Labute approximate surface area is 114 Å². The lowest BCUT2D eigenvalue weighted by Gasteiger charge is -1.97. The molecule has 1 aromatic heterocycles. The fourth-order valence-corrected chi connectivity index (χ4v) is 3.44. The van der Waals surface area contributed by atoms with Crippen LogP contribution in [0.25, 0.3) is 10.2 Å². The Morgan fingerprint density at radius 3 is 3.00 bits per heavy atom. The number of hydrogen-bond acceptors (Lipinski definition) is 5. The normalized spacial score (nSPS) is 11.8. The summed E-state index contributed by atoms with van der Waals surface area (Å²) in [4.78, 5) is 15.7. The first-order valence-electron chi connectivity index (χ1n) is 5.44. The van der Waals surface area contributed by atoms with Gasteiger partial charge in [-0.3, -0.25) is 0 Å². The quantitative estimate of drug-likeness (QED) is 0.488. The lowest BCUT2D eigenvalue weighted by atomic mass is 10.3. The minimum Gasteiger partial charge on any atom is -0.466 e. The van der Waals surface area contributed by atoms with Crippen molar-refractivity contribution in [1.82, 2.24) is 4.98 Å². The van der Waals surface area contributed by atoms with Gasteiger partial charge in [-0.15, -0.1) is 11.3 Å². The number of carbonyl (C=O) groups excluding carboxylic acids is 1. The first-order valence-corrected chi connectivity index (χ1v) is 7.24. The maximum atomic E-state index is 11.2. The van der Waals surface area contributed by atoms with Crippen LogP contribution in [0.5, 0.6) is 0 Å². The minimum absolute atomic E-state index is 0.278. The molecule has 0 aliphatic rings. The van der Waals surface area contributed by atoms with E-state index in [1.54, 1.807) is 30.0 Å². The summed E-state index contributed by atoms with van der Waals surface area (Å²) in [6.07, 6.45) is 1.86. The van der Waals surface area contributed by atoms with Gasteiger partial charge in [-0.1, -0.05) is 30.0 Å². The van der Waals surface area contributed by atoms with E-state index < -0.39 is 0 Å². The van der Waals surface area contributed by atoms with Crippen molar-refractivity contribution in [3.8, 4) is 0 Å². The van der Waals surface area contributed by atoms with Crippen molar-refractivity contribution in [2.45, 2.75) is 11.3 Å². The molecule has 0 unspecified atom stereocenters. The van der Waals surface area contributed by atoms with Gasteiger partial charge in [0.15, 0.2) is 4.34 Å². The average Bonchev–Trinajstić information content (AvgIpc) is 2.80. The summed E-state index contributed by atoms with van der Waals surface area (Å²) in [5, 5.41) is 0. The van der Waals surface area contributed by atoms with Gasteiger partial charge in [0.25, 0.3) is 0 Å². The van der Waals surface area contributed by atoms with Crippen molar-refractivity contribution >= 4 is 39.3 Å². The van der Waals surface area contributed by atoms with Gasteiger partial charge in [0.05, 0.1) is 17.3 Å². The van der Waals surface area contributed by atoms with E-state index in [0.717, 1.165) is 15.6 Å². The number of carbonyl (C=O) groups is 1. The molecule has 94 valence electrons. The van der Waals surface area contributed by atoms with E-state index in [1.807, 2.05) is 24.3 Å². The molecule has 0 saturated heterocycles. The van der Waals surface area contributed by atoms with Crippen LogP contribution in [0.4, 0.5) is 0 Å². The molecule has 1 heterocycles. The Bertz CT molecular complexity index is 556. The molecule has 0 N–H and O–H groups in total. The number of aromatic nitrogens is 1. The summed E-state index contributed by atoms with van der Waals surface area (Å²) in [5.74, 6) is 0.445. The molecule has 3 nitrogen and oxygen atoms in total. The zero-order valence-corrected chi connectivity index (χ0v) is 11.8. The standard InChI is InChI=1S/C13H13NO2S2/c1-9(12(15)16-2)7-8-17-13-14-10-5-3-4-6-11(10)18-13/h3-7H,8H2,1-2H3. The lowest BCUT2D eigenvalue weighted by molar-refractivity contribution is -0.136. The van der Waals surface area contributed by atoms with Gasteiger partial charge in [-0.05, 0) is 19.1 Å². The Hall–Kier alpha value is -1.33. The Morgan fingerprint density at radius 1 is 1.50 bits per heavy atom. The van der Waals surface area contributed by atoms with Crippen LogP contribution in [0.3, 0.4) is 0 Å². The first-order chi connectivity index (χ1) is 8.70. The first kappa shape index (κ1) is 13.1. The highest BCUT2D eigenvalue weighted by Crippen LogP contribution is 2.29. The molecule has 0 atom stereocenters. The Balaban J connectivity index is 2.00. The third-order valence-electron chi connectivity index (χ3n) is 2.38. The van der Waals surface area contributed by atoms with Crippen LogP contribution in [0.1, 0.15) is 6.92 Å². The maximum absolute atomic E-state index is 11.2. The predicted molar refractivity (Wildman–Crippen MR) is 76.1 cm³/mol. The number of hydrogen-bond donors (Lipinski definition) is 0. The Morgan fingerprint density at radius 2 is 2.28 bits per heavy atom. The summed E-state index contributed by atoms with van der Waals surface area (Å²) in [6.45, 7) is 1.75. The Kier molecular flexibility index (Phi) is 4.38. The summed E-state index contributed by atoms with van der Waals surface area (Å²) in [6, 6.07) is 8.06. The number of methoxy groups -OCH3 is 1. The summed E-state index contributed by atoms with van der Waals surface area (Å²) >= 11 is 3.30. The molecule has 0 aliphatic carbocycles. The third-order valence-corrected chi connectivity index (χ3v) is 4.48. The number of rotatable bonds is 4. The number of nitrogens with zero attached hydrogens (tertiary/aromatic N) is 1. The lowest BCUT2D eigenvalue weighted by Crippen LogP contribution is -2.01. The number of ether oxygens (including phenoxy) is 1. The van der Waals surface area contributed by atoms with Crippen LogP contribution in [0.2, 0.25) is 0 Å². The van der Waals surface area contributed by atoms with Crippen molar-refractivity contribution in [3.05, 3.63) is 35.9 Å². The molecule has 0 fully saturated rings. The predicted octanol–water partition coefficient (Wildman–Crippen LogP) is 3.51. The van der Waals surface area contributed by atoms with Crippen LogP contribution >= 0.6 is 23.1 Å². The van der Waals surface area contributed by atoms with Gasteiger partial charge < -0.3 is 4.74 Å².